The predicted octanol–water partition coefficient (Wildman–Crippen LogP) is 0.0336. The molecular formula is C10H18N2O2. The zero-order valence-electron chi connectivity index (χ0n) is 8.42. The first-order chi connectivity index (χ1) is 6.86. The highest BCUT2D eigenvalue weighted by atomic mass is 16.5. The number of hydrogen-bond acceptors (Lipinski definition) is 3. The van der Waals surface area contributed by atoms with E-state index in [0.717, 1.165) is 19.4 Å². The van der Waals surface area contributed by atoms with E-state index in [9.17, 15) is 4.79 Å². The summed E-state index contributed by atoms with van der Waals surface area (Å²) in [5.74, 6) is 0.108. The van der Waals surface area contributed by atoms with Crippen LogP contribution in [0.1, 0.15) is 25.7 Å². The molecule has 1 aliphatic carbocycles. The van der Waals surface area contributed by atoms with Crippen LogP contribution in [0, 0.1) is 0 Å². The van der Waals surface area contributed by atoms with Gasteiger partial charge < -0.3 is 15.4 Å². The second-order valence-electron chi connectivity index (χ2n) is 4.07. The van der Waals surface area contributed by atoms with Crippen molar-refractivity contribution in [1.82, 2.24) is 10.6 Å². The highest BCUT2D eigenvalue weighted by Gasteiger charge is 2.24. The molecule has 4 heteroatoms. The molecule has 0 aromatic carbocycles. The molecule has 4 nitrogen and oxygen atoms in total. The predicted molar refractivity (Wildman–Crippen MR) is 53.0 cm³/mol. The van der Waals surface area contributed by atoms with Crippen molar-refractivity contribution in [1.29, 1.82) is 0 Å². The minimum absolute atomic E-state index is 0.108. The van der Waals surface area contributed by atoms with Crippen molar-refractivity contribution in [3.63, 3.8) is 0 Å². The quantitative estimate of drug-likeness (QED) is 0.658. The number of morpholine rings is 1. The Labute approximate surface area is 84.4 Å². The number of ether oxygens (including phenoxy) is 1. The molecule has 2 rings (SSSR count). The molecule has 0 aromatic heterocycles. The second-order valence-corrected chi connectivity index (χ2v) is 4.07. The van der Waals surface area contributed by atoms with Crippen molar-refractivity contribution in [3.05, 3.63) is 0 Å². The van der Waals surface area contributed by atoms with Crippen LogP contribution in [0.25, 0.3) is 0 Å². The largest absolute Gasteiger partial charge is 0.378 e. The van der Waals surface area contributed by atoms with Gasteiger partial charge in [-0.15, -0.1) is 0 Å². The van der Waals surface area contributed by atoms with Gasteiger partial charge in [0.15, 0.2) is 0 Å². The molecule has 0 aromatic rings. The first-order valence-corrected chi connectivity index (χ1v) is 5.48. The maximum Gasteiger partial charge on any atom is 0.239 e. The van der Waals surface area contributed by atoms with Gasteiger partial charge in [-0.3, -0.25) is 4.79 Å². The molecule has 1 saturated heterocycles. The summed E-state index contributed by atoms with van der Waals surface area (Å²) in [5, 5.41) is 6.22. The summed E-state index contributed by atoms with van der Waals surface area (Å²) in [6.07, 6.45) is 4.78. The average molecular weight is 198 g/mol. The number of carbonyl (C=O) groups excluding carboxylic acids is 1. The summed E-state index contributed by atoms with van der Waals surface area (Å²) in [6, 6.07) is 0.274. The molecule has 80 valence electrons. The van der Waals surface area contributed by atoms with E-state index < -0.39 is 0 Å². The van der Waals surface area contributed by atoms with Crippen molar-refractivity contribution in [2.45, 2.75) is 37.8 Å². The molecule has 0 radical (unpaired) electrons. The van der Waals surface area contributed by atoms with Crippen LogP contribution in [0.15, 0.2) is 0 Å². The molecule has 14 heavy (non-hydrogen) atoms. The molecule has 1 atom stereocenters. The third kappa shape index (κ3) is 2.45. The summed E-state index contributed by atoms with van der Waals surface area (Å²) in [5.41, 5.74) is 0. The fraction of sp³-hybridized carbons (Fsp3) is 0.900. The van der Waals surface area contributed by atoms with E-state index in [1.807, 2.05) is 0 Å². The zero-order valence-corrected chi connectivity index (χ0v) is 8.42. The van der Waals surface area contributed by atoms with Gasteiger partial charge in [-0.25, -0.2) is 0 Å². The summed E-state index contributed by atoms with van der Waals surface area (Å²) in [6.45, 7) is 2.01. The van der Waals surface area contributed by atoms with Gasteiger partial charge in [0.05, 0.1) is 13.2 Å². The van der Waals surface area contributed by atoms with Crippen LogP contribution in [0.2, 0.25) is 0 Å². The summed E-state index contributed by atoms with van der Waals surface area (Å²) >= 11 is 0. The lowest BCUT2D eigenvalue weighted by atomic mass is 10.2. The zero-order chi connectivity index (χ0) is 9.80. The van der Waals surface area contributed by atoms with Gasteiger partial charge in [-0.1, -0.05) is 12.8 Å². The monoisotopic (exact) mass is 198 g/mol. The fourth-order valence-corrected chi connectivity index (χ4v) is 2.11. The van der Waals surface area contributed by atoms with Crippen LogP contribution in [0.3, 0.4) is 0 Å². The van der Waals surface area contributed by atoms with Crippen molar-refractivity contribution in [2.75, 3.05) is 19.8 Å². The lowest BCUT2D eigenvalue weighted by Gasteiger charge is -2.24. The summed E-state index contributed by atoms with van der Waals surface area (Å²) in [7, 11) is 0. The van der Waals surface area contributed by atoms with E-state index in [0.29, 0.717) is 19.3 Å². The maximum absolute atomic E-state index is 11.7. The van der Waals surface area contributed by atoms with Crippen molar-refractivity contribution in [3.8, 4) is 0 Å². The molecule has 0 bridgehead atoms. The van der Waals surface area contributed by atoms with Crippen LogP contribution in [-0.2, 0) is 9.53 Å². The third-order valence-electron chi connectivity index (χ3n) is 2.94. The highest BCUT2D eigenvalue weighted by Crippen LogP contribution is 2.17. The van der Waals surface area contributed by atoms with Gasteiger partial charge in [0.25, 0.3) is 0 Å². The Morgan fingerprint density at radius 2 is 2.14 bits per heavy atom. The summed E-state index contributed by atoms with van der Waals surface area (Å²) < 4.78 is 5.24. The van der Waals surface area contributed by atoms with Crippen LogP contribution < -0.4 is 10.6 Å². The normalized spacial score (nSPS) is 29.0. The Bertz CT molecular complexity index is 196. The molecule has 1 saturated carbocycles. The van der Waals surface area contributed by atoms with Crippen LogP contribution >= 0.6 is 0 Å². The lowest BCUT2D eigenvalue weighted by molar-refractivity contribution is -0.126. The van der Waals surface area contributed by atoms with Gasteiger partial charge >= 0.3 is 0 Å². The van der Waals surface area contributed by atoms with Gasteiger partial charge in [-0.2, -0.15) is 0 Å². The van der Waals surface area contributed by atoms with E-state index in [4.69, 9.17) is 4.74 Å². The average Bonchev–Trinajstić information content (AvgIpc) is 2.72. The Balaban J connectivity index is 1.75. The minimum Gasteiger partial charge on any atom is -0.378 e. The molecule has 1 unspecified atom stereocenters. The van der Waals surface area contributed by atoms with E-state index >= 15 is 0 Å². The molecule has 1 amide bonds. The molecule has 2 N–H and O–H groups in total. The van der Waals surface area contributed by atoms with Crippen LogP contribution in [0.4, 0.5) is 0 Å². The first-order valence-electron chi connectivity index (χ1n) is 5.48. The Morgan fingerprint density at radius 1 is 1.36 bits per heavy atom. The molecule has 0 spiro atoms. The van der Waals surface area contributed by atoms with Gasteiger partial charge in [0, 0.05) is 12.6 Å². The maximum atomic E-state index is 11.7. The van der Waals surface area contributed by atoms with Crippen molar-refractivity contribution < 1.29 is 9.53 Å². The first kappa shape index (κ1) is 9.93. The standard InChI is InChI=1S/C10H18N2O2/c13-10(9-7-14-6-5-11-9)12-8-3-1-2-4-8/h8-9,11H,1-7H2,(H,12,13). The smallest absolute Gasteiger partial charge is 0.239 e. The SMILES string of the molecule is O=C(NC1CCCC1)C1COCCN1. The minimum atomic E-state index is -0.135. The molecule has 2 aliphatic rings. The number of carbonyl (C=O) groups is 1. The number of hydrogen-bond donors (Lipinski definition) is 2. The highest BCUT2D eigenvalue weighted by molar-refractivity contribution is 5.82. The third-order valence-corrected chi connectivity index (χ3v) is 2.94. The molecule has 2 fully saturated rings. The van der Waals surface area contributed by atoms with Gasteiger partial charge in [0.2, 0.25) is 5.91 Å². The summed E-state index contributed by atoms with van der Waals surface area (Å²) in [4.78, 5) is 11.7. The Hall–Kier alpha value is -0.610. The van der Waals surface area contributed by atoms with E-state index in [1.54, 1.807) is 0 Å². The molecular weight excluding hydrogens is 180 g/mol. The van der Waals surface area contributed by atoms with Gasteiger partial charge in [0.1, 0.15) is 6.04 Å². The molecule has 1 aliphatic heterocycles. The van der Waals surface area contributed by atoms with Crippen molar-refractivity contribution >= 4 is 5.91 Å². The Morgan fingerprint density at radius 3 is 2.79 bits per heavy atom. The fourth-order valence-electron chi connectivity index (χ4n) is 2.11. The van der Waals surface area contributed by atoms with Crippen LogP contribution in [-0.4, -0.2) is 37.7 Å². The Kier molecular flexibility index (Phi) is 3.37. The van der Waals surface area contributed by atoms with E-state index in [2.05, 4.69) is 10.6 Å². The van der Waals surface area contributed by atoms with Crippen molar-refractivity contribution in [2.24, 2.45) is 0 Å². The lowest BCUT2D eigenvalue weighted by Crippen LogP contribution is -2.52. The van der Waals surface area contributed by atoms with E-state index in [-0.39, 0.29) is 11.9 Å². The van der Waals surface area contributed by atoms with E-state index in [1.165, 1.54) is 12.8 Å². The molecule has 1 heterocycles. The van der Waals surface area contributed by atoms with Crippen LogP contribution in [0.5, 0.6) is 0 Å². The number of amides is 1. The van der Waals surface area contributed by atoms with Gasteiger partial charge in [-0.05, 0) is 12.8 Å². The number of rotatable bonds is 2. The topological polar surface area (TPSA) is 50.4 Å². The second kappa shape index (κ2) is 4.75. The number of nitrogens with one attached hydrogen (secondary N) is 2.